The molecule has 1 aliphatic heterocycles. The Bertz CT molecular complexity index is 1190. The van der Waals surface area contributed by atoms with Crippen molar-refractivity contribution in [1.82, 2.24) is 29.5 Å². The molecule has 0 aromatic carbocycles. The van der Waals surface area contributed by atoms with Gasteiger partial charge in [0.25, 0.3) is 0 Å². The lowest BCUT2D eigenvalue weighted by Gasteiger charge is -2.34. The fourth-order valence-electron chi connectivity index (χ4n) is 5.36. The molecule has 4 heterocycles. The van der Waals surface area contributed by atoms with Crippen molar-refractivity contribution in [3.05, 3.63) is 59.2 Å². The Morgan fingerprint density at radius 3 is 2.83 bits per heavy atom. The van der Waals surface area contributed by atoms with E-state index in [9.17, 15) is 4.79 Å². The van der Waals surface area contributed by atoms with Crippen molar-refractivity contribution in [3.8, 4) is 0 Å². The molecule has 1 N–H and O–H groups in total. The number of nitrogens with zero attached hydrogens (tertiary/aromatic N) is 6. The van der Waals surface area contributed by atoms with Crippen molar-refractivity contribution < 1.29 is 9.53 Å². The maximum absolute atomic E-state index is 12.0. The van der Waals surface area contributed by atoms with Crippen LogP contribution in [0.15, 0.2) is 36.5 Å². The summed E-state index contributed by atoms with van der Waals surface area (Å²) in [6, 6.07) is 10.7. The maximum Gasteiger partial charge on any atom is 0.407 e. The summed E-state index contributed by atoms with van der Waals surface area (Å²) in [6.07, 6.45) is 4.77. The van der Waals surface area contributed by atoms with Crippen molar-refractivity contribution in [1.29, 1.82) is 0 Å². The number of nitrogens with one attached hydrogen (secondary N) is 1. The lowest BCUT2D eigenvalue weighted by atomic mass is 9.91. The minimum Gasteiger partial charge on any atom is -0.453 e. The van der Waals surface area contributed by atoms with Gasteiger partial charge in [-0.3, -0.25) is 14.3 Å². The highest BCUT2D eigenvalue weighted by molar-refractivity contribution is 5.67. The molecule has 1 aliphatic carbocycles. The van der Waals surface area contributed by atoms with Crippen molar-refractivity contribution >= 4 is 17.6 Å². The number of aromatic nitrogens is 3. The lowest BCUT2D eigenvalue weighted by molar-refractivity contribution is 0.170. The van der Waals surface area contributed by atoms with Crippen molar-refractivity contribution in [2.24, 2.45) is 0 Å². The SMILES string of the molecule is COC(=O)NCc1c(CN(C)[C@H]2CCCc3cccnc32)nc2cccc(N3CCN(C)CC3)n12. The van der Waals surface area contributed by atoms with E-state index in [4.69, 9.17) is 14.7 Å². The highest BCUT2D eigenvalue weighted by Gasteiger charge is 2.27. The summed E-state index contributed by atoms with van der Waals surface area (Å²) in [5, 5.41) is 2.89. The van der Waals surface area contributed by atoms with Crippen LogP contribution in [0, 0.1) is 0 Å². The van der Waals surface area contributed by atoms with Crippen LogP contribution in [0.25, 0.3) is 5.65 Å². The molecule has 0 unspecified atom stereocenters. The summed E-state index contributed by atoms with van der Waals surface area (Å²) < 4.78 is 7.07. The van der Waals surface area contributed by atoms with Crippen LogP contribution in [0.4, 0.5) is 10.6 Å². The number of anilines is 1. The van der Waals surface area contributed by atoms with E-state index in [0.29, 0.717) is 13.1 Å². The molecule has 0 bridgehead atoms. The van der Waals surface area contributed by atoms with Gasteiger partial charge in [0.05, 0.1) is 36.8 Å². The minimum absolute atomic E-state index is 0.253. The molecular weight excluding hydrogens is 442 g/mol. The standard InChI is InChI=1S/C26H35N7O2/c1-30-13-15-32(16-14-30)24-11-5-10-23-29-20(22(33(23)24)17-28-26(34)35-3)18-31(2)21-9-4-7-19-8-6-12-27-25(19)21/h5-6,8,10-12,21H,4,7,9,13-18H2,1-3H3,(H,28,34)/t21-/m0/s1. The molecule has 0 spiro atoms. The van der Waals surface area contributed by atoms with E-state index < -0.39 is 6.09 Å². The number of carbonyl (C=O) groups is 1. The summed E-state index contributed by atoms with van der Waals surface area (Å²) in [5.74, 6) is 1.11. The predicted molar refractivity (Wildman–Crippen MR) is 136 cm³/mol. The van der Waals surface area contributed by atoms with Crippen molar-refractivity contribution in [2.45, 2.75) is 38.4 Å². The molecule has 1 fully saturated rings. The van der Waals surface area contributed by atoms with E-state index >= 15 is 0 Å². The molecule has 0 radical (unpaired) electrons. The van der Waals surface area contributed by atoms with Gasteiger partial charge < -0.3 is 19.9 Å². The Balaban J connectivity index is 1.50. The zero-order valence-electron chi connectivity index (χ0n) is 20.9. The molecule has 9 nitrogen and oxygen atoms in total. The maximum atomic E-state index is 12.0. The average Bonchev–Trinajstić information content (AvgIpc) is 3.24. The van der Waals surface area contributed by atoms with Crippen LogP contribution in [0.1, 0.15) is 41.5 Å². The monoisotopic (exact) mass is 477 g/mol. The summed E-state index contributed by atoms with van der Waals surface area (Å²) in [6.45, 7) is 4.97. The summed E-state index contributed by atoms with van der Waals surface area (Å²) >= 11 is 0. The first-order chi connectivity index (χ1) is 17.0. The normalized spacial score (nSPS) is 18.6. The molecule has 3 aromatic rings. The van der Waals surface area contributed by atoms with E-state index in [1.54, 1.807) is 0 Å². The van der Waals surface area contributed by atoms with Crippen LogP contribution in [0.5, 0.6) is 0 Å². The minimum atomic E-state index is -0.443. The van der Waals surface area contributed by atoms with Gasteiger partial charge >= 0.3 is 6.09 Å². The topological polar surface area (TPSA) is 78.2 Å². The Morgan fingerprint density at radius 2 is 2.03 bits per heavy atom. The second kappa shape index (κ2) is 10.2. The molecule has 186 valence electrons. The largest absolute Gasteiger partial charge is 0.453 e. The lowest BCUT2D eigenvalue weighted by Crippen LogP contribution is -2.45. The van der Waals surface area contributed by atoms with E-state index in [0.717, 1.165) is 68.3 Å². The van der Waals surface area contributed by atoms with Gasteiger partial charge in [-0.05, 0) is 57.1 Å². The number of alkyl carbamates (subject to hydrolysis) is 1. The summed E-state index contributed by atoms with van der Waals surface area (Å²) in [4.78, 5) is 28.9. The van der Waals surface area contributed by atoms with Crippen LogP contribution in [-0.2, 0) is 24.2 Å². The highest BCUT2D eigenvalue weighted by Crippen LogP contribution is 2.33. The third-order valence-corrected chi connectivity index (χ3v) is 7.31. The van der Waals surface area contributed by atoms with Gasteiger partial charge in [0.15, 0.2) is 0 Å². The van der Waals surface area contributed by atoms with Gasteiger partial charge in [-0.25, -0.2) is 9.78 Å². The number of hydrogen-bond acceptors (Lipinski definition) is 7. The fourth-order valence-corrected chi connectivity index (χ4v) is 5.36. The molecule has 5 rings (SSSR count). The van der Waals surface area contributed by atoms with Gasteiger partial charge in [-0.1, -0.05) is 12.1 Å². The number of hydrogen-bond donors (Lipinski definition) is 1. The number of piperazine rings is 1. The van der Waals surface area contributed by atoms with Gasteiger partial charge in [0.1, 0.15) is 11.5 Å². The molecule has 1 atom stereocenters. The Kier molecular flexibility index (Phi) is 6.88. The van der Waals surface area contributed by atoms with E-state index in [1.165, 1.54) is 18.4 Å². The first-order valence-corrected chi connectivity index (χ1v) is 12.4. The van der Waals surface area contributed by atoms with Gasteiger partial charge in [0.2, 0.25) is 0 Å². The van der Waals surface area contributed by atoms with Crippen LogP contribution < -0.4 is 10.2 Å². The number of rotatable bonds is 6. The first kappa shape index (κ1) is 23.6. The number of methoxy groups -OCH3 is 1. The molecule has 35 heavy (non-hydrogen) atoms. The number of aryl methyl sites for hydroxylation is 1. The van der Waals surface area contributed by atoms with Crippen molar-refractivity contribution in [2.75, 3.05) is 52.3 Å². The third kappa shape index (κ3) is 4.83. The van der Waals surface area contributed by atoms with Crippen molar-refractivity contribution in [3.63, 3.8) is 0 Å². The predicted octanol–water partition coefficient (Wildman–Crippen LogP) is 2.85. The summed E-state index contributed by atoms with van der Waals surface area (Å²) in [5.41, 5.74) is 5.37. The smallest absolute Gasteiger partial charge is 0.407 e. The second-order valence-electron chi connectivity index (χ2n) is 9.59. The zero-order chi connectivity index (χ0) is 24.4. The van der Waals surface area contributed by atoms with Crippen LogP contribution in [-0.4, -0.2) is 77.6 Å². The quantitative estimate of drug-likeness (QED) is 0.585. The number of amides is 1. The second-order valence-corrected chi connectivity index (χ2v) is 9.59. The first-order valence-electron chi connectivity index (χ1n) is 12.4. The summed E-state index contributed by atoms with van der Waals surface area (Å²) in [7, 11) is 5.70. The van der Waals surface area contributed by atoms with E-state index in [2.05, 4.69) is 56.7 Å². The zero-order valence-corrected chi connectivity index (χ0v) is 20.9. The van der Waals surface area contributed by atoms with Crippen LogP contribution in [0.3, 0.4) is 0 Å². The highest BCUT2D eigenvalue weighted by atomic mass is 16.5. The number of ether oxygens (including phenoxy) is 1. The van der Waals surface area contributed by atoms with E-state index in [-0.39, 0.29) is 6.04 Å². The van der Waals surface area contributed by atoms with Gasteiger partial charge in [-0.15, -0.1) is 0 Å². The number of pyridine rings is 2. The number of imidazole rings is 1. The average molecular weight is 478 g/mol. The molecule has 1 amide bonds. The Hall–Kier alpha value is -3.17. The number of carbonyl (C=O) groups excluding carboxylic acids is 1. The molecule has 2 aliphatic rings. The number of fused-ring (bicyclic) bond motifs is 2. The molecule has 9 heteroatoms. The Labute approximate surface area is 206 Å². The molecular formula is C26H35N7O2. The molecule has 1 saturated heterocycles. The van der Waals surface area contributed by atoms with Crippen LogP contribution >= 0.6 is 0 Å². The van der Waals surface area contributed by atoms with Gasteiger partial charge in [0, 0.05) is 38.9 Å². The molecule has 3 aromatic heterocycles. The molecule has 0 saturated carbocycles. The van der Waals surface area contributed by atoms with Gasteiger partial charge in [-0.2, -0.15) is 0 Å². The number of likely N-dealkylation sites (N-methyl/N-ethyl adjacent to an activating group) is 1. The van der Waals surface area contributed by atoms with Crippen LogP contribution in [0.2, 0.25) is 0 Å². The fraction of sp³-hybridized carbons (Fsp3) is 0.500. The third-order valence-electron chi connectivity index (χ3n) is 7.31. The Morgan fingerprint density at radius 1 is 1.20 bits per heavy atom. The van der Waals surface area contributed by atoms with E-state index in [1.807, 2.05) is 18.3 Å².